The molecule has 22 heavy (non-hydrogen) atoms. The highest BCUT2D eigenvalue weighted by molar-refractivity contribution is 5.85. The Morgan fingerprint density at radius 3 is 3.00 bits per heavy atom. The van der Waals surface area contributed by atoms with Gasteiger partial charge in [0.1, 0.15) is 5.78 Å². The molecule has 1 aliphatic carbocycles. The Balaban J connectivity index is 1.69. The normalized spacial score (nSPS) is 36.1. The number of benzene rings is 1. The van der Waals surface area contributed by atoms with E-state index in [1.807, 2.05) is 0 Å². The van der Waals surface area contributed by atoms with Crippen molar-refractivity contribution in [2.75, 3.05) is 13.1 Å². The summed E-state index contributed by atoms with van der Waals surface area (Å²) in [5, 5.41) is 1.39. The van der Waals surface area contributed by atoms with Gasteiger partial charge >= 0.3 is 0 Å². The molecule has 2 aromatic rings. The van der Waals surface area contributed by atoms with Crippen molar-refractivity contribution in [2.45, 2.75) is 38.1 Å². The van der Waals surface area contributed by atoms with Crippen molar-refractivity contribution in [1.82, 2.24) is 9.88 Å². The number of H-pyrrole nitrogens is 1. The molecule has 1 aromatic carbocycles. The maximum absolute atomic E-state index is 12.2. The largest absolute Gasteiger partial charge is 0.358 e. The molecule has 0 spiro atoms. The van der Waals surface area contributed by atoms with Crippen molar-refractivity contribution in [1.29, 1.82) is 0 Å². The lowest BCUT2D eigenvalue weighted by atomic mass is 9.65. The fourth-order valence-electron chi connectivity index (χ4n) is 5.48. The molecule has 1 N–H and O–H groups in total. The predicted octanol–water partition coefficient (Wildman–Crippen LogP) is 3.11. The smallest absolute Gasteiger partial charge is 0.134 e. The molecule has 114 valence electrons. The molecule has 0 radical (unpaired) electrons. The Bertz CT molecular complexity index is 762. The first kappa shape index (κ1) is 12.9. The Kier molecular flexibility index (Phi) is 2.61. The number of Topliss-reactive ketones (excluding diaryl/α,β-unsaturated/α-hetero) is 1. The van der Waals surface area contributed by atoms with Crippen LogP contribution in [0.5, 0.6) is 0 Å². The minimum absolute atomic E-state index is 0.245. The zero-order valence-corrected chi connectivity index (χ0v) is 13.0. The Labute approximate surface area is 130 Å². The molecule has 5 atom stereocenters. The van der Waals surface area contributed by atoms with E-state index in [0.29, 0.717) is 23.7 Å². The average molecular weight is 294 g/mol. The standard InChI is InChI=1S/C19H22N2O/c1-11(22)15-8-12-9-16-18-14(6-7-21(10-12)19(15)16)13-4-2-3-5-17(13)20-18/h2-5,12,15-16,19-20H,6-10H2,1H3/t12-,15-,16-,19?/m0/s1. The van der Waals surface area contributed by atoms with Crippen molar-refractivity contribution < 1.29 is 4.79 Å². The van der Waals surface area contributed by atoms with Crippen LogP contribution in [0.2, 0.25) is 0 Å². The van der Waals surface area contributed by atoms with Gasteiger partial charge in [-0.1, -0.05) is 18.2 Å². The van der Waals surface area contributed by atoms with E-state index in [2.05, 4.69) is 34.1 Å². The summed E-state index contributed by atoms with van der Waals surface area (Å²) in [6, 6.07) is 9.10. The number of aromatic nitrogens is 1. The topological polar surface area (TPSA) is 36.1 Å². The molecule has 3 heteroatoms. The van der Waals surface area contributed by atoms with E-state index in [1.54, 1.807) is 6.92 Å². The molecule has 2 saturated heterocycles. The third kappa shape index (κ3) is 1.63. The third-order valence-corrected chi connectivity index (χ3v) is 6.30. The number of rotatable bonds is 1. The van der Waals surface area contributed by atoms with Gasteiger partial charge in [-0.05, 0) is 43.7 Å². The summed E-state index contributed by atoms with van der Waals surface area (Å²) in [4.78, 5) is 18.5. The molecule has 2 unspecified atom stereocenters. The molecule has 1 saturated carbocycles. The number of ketones is 1. The van der Waals surface area contributed by atoms with Crippen LogP contribution in [-0.2, 0) is 11.2 Å². The molecule has 3 fully saturated rings. The first-order valence-electron chi connectivity index (χ1n) is 8.56. The van der Waals surface area contributed by atoms with E-state index in [1.165, 1.54) is 35.1 Å². The maximum atomic E-state index is 12.2. The van der Waals surface area contributed by atoms with Crippen LogP contribution < -0.4 is 0 Å². The number of fused-ring (bicyclic) bond motifs is 4. The van der Waals surface area contributed by atoms with Crippen LogP contribution in [0.3, 0.4) is 0 Å². The minimum atomic E-state index is 0.245. The van der Waals surface area contributed by atoms with Crippen molar-refractivity contribution >= 4 is 16.7 Å². The van der Waals surface area contributed by atoms with Gasteiger partial charge in [-0.15, -0.1) is 0 Å². The summed E-state index contributed by atoms with van der Waals surface area (Å²) in [6.07, 6.45) is 3.48. The molecule has 4 bridgehead atoms. The molecule has 4 heterocycles. The molecule has 4 aliphatic rings. The van der Waals surface area contributed by atoms with Crippen LogP contribution in [0.15, 0.2) is 24.3 Å². The van der Waals surface area contributed by atoms with Crippen molar-refractivity contribution in [3.8, 4) is 0 Å². The van der Waals surface area contributed by atoms with Crippen LogP contribution in [-0.4, -0.2) is 34.8 Å². The number of aromatic amines is 1. The van der Waals surface area contributed by atoms with E-state index in [0.717, 1.165) is 19.4 Å². The number of carbonyl (C=O) groups is 1. The lowest BCUT2D eigenvalue weighted by molar-refractivity contribution is -0.129. The molecular weight excluding hydrogens is 272 g/mol. The van der Waals surface area contributed by atoms with E-state index in [-0.39, 0.29) is 5.92 Å². The van der Waals surface area contributed by atoms with Crippen molar-refractivity contribution in [3.05, 3.63) is 35.5 Å². The fraction of sp³-hybridized carbons (Fsp3) is 0.526. The number of piperidine rings is 2. The number of carbonyl (C=O) groups excluding carboxylic acids is 1. The fourth-order valence-corrected chi connectivity index (χ4v) is 5.48. The van der Waals surface area contributed by atoms with Crippen LogP contribution in [0.1, 0.15) is 36.9 Å². The van der Waals surface area contributed by atoms with Gasteiger partial charge in [0.05, 0.1) is 0 Å². The molecule has 6 rings (SSSR count). The predicted molar refractivity (Wildman–Crippen MR) is 87.0 cm³/mol. The molecule has 1 aromatic heterocycles. The van der Waals surface area contributed by atoms with Crippen LogP contribution >= 0.6 is 0 Å². The Morgan fingerprint density at radius 1 is 1.27 bits per heavy atom. The van der Waals surface area contributed by atoms with Gasteiger partial charge in [-0.2, -0.15) is 0 Å². The summed E-state index contributed by atoms with van der Waals surface area (Å²) >= 11 is 0. The van der Waals surface area contributed by atoms with Crippen LogP contribution in [0, 0.1) is 11.8 Å². The number of nitrogens with one attached hydrogen (secondary N) is 1. The highest BCUT2D eigenvalue weighted by atomic mass is 16.1. The van der Waals surface area contributed by atoms with Gasteiger partial charge in [-0.3, -0.25) is 9.69 Å². The third-order valence-electron chi connectivity index (χ3n) is 6.30. The second kappa shape index (κ2) is 4.45. The number of hydrogen-bond donors (Lipinski definition) is 1. The van der Waals surface area contributed by atoms with Gasteiger partial charge in [0.25, 0.3) is 0 Å². The lowest BCUT2D eigenvalue weighted by Gasteiger charge is -2.52. The van der Waals surface area contributed by atoms with Gasteiger partial charge in [0.15, 0.2) is 0 Å². The summed E-state index contributed by atoms with van der Waals surface area (Å²) in [6.45, 7) is 4.11. The first-order chi connectivity index (χ1) is 10.7. The van der Waals surface area contributed by atoms with E-state index in [4.69, 9.17) is 0 Å². The van der Waals surface area contributed by atoms with Gasteiger partial charge in [0.2, 0.25) is 0 Å². The summed E-state index contributed by atoms with van der Waals surface area (Å²) in [5.41, 5.74) is 4.21. The zero-order chi connectivity index (χ0) is 14.8. The quantitative estimate of drug-likeness (QED) is 0.877. The second-order valence-electron chi connectivity index (χ2n) is 7.46. The number of para-hydroxylation sites is 1. The highest BCUT2D eigenvalue weighted by Crippen LogP contribution is 2.50. The maximum Gasteiger partial charge on any atom is 0.134 e. The highest BCUT2D eigenvalue weighted by Gasteiger charge is 2.50. The van der Waals surface area contributed by atoms with E-state index in [9.17, 15) is 4.79 Å². The zero-order valence-electron chi connectivity index (χ0n) is 13.0. The monoisotopic (exact) mass is 294 g/mol. The lowest BCUT2D eigenvalue weighted by Crippen LogP contribution is -2.57. The van der Waals surface area contributed by atoms with Gasteiger partial charge < -0.3 is 4.98 Å². The Morgan fingerprint density at radius 2 is 2.14 bits per heavy atom. The van der Waals surface area contributed by atoms with E-state index >= 15 is 0 Å². The van der Waals surface area contributed by atoms with E-state index < -0.39 is 0 Å². The first-order valence-corrected chi connectivity index (χ1v) is 8.56. The van der Waals surface area contributed by atoms with Crippen molar-refractivity contribution in [3.63, 3.8) is 0 Å². The van der Waals surface area contributed by atoms with Crippen molar-refractivity contribution in [2.24, 2.45) is 11.8 Å². The van der Waals surface area contributed by atoms with Gasteiger partial charge in [-0.25, -0.2) is 0 Å². The SMILES string of the molecule is CC(=O)[C@@H]1C[C@H]2C[C@H]3c4[nH]c5ccccc5c4CCN(C2)C13. The molecule has 0 amide bonds. The summed E-state index contributed by atoms with van der Waals surface area (Å²) in [7, 11) is 0. The van der Waals surface area contributed by atoms with Gasteiger partial charge in [0, 0.05) is 47.6 Å². The van der Waals surface area contributed by atoms with Crippen LogP contribution in [0.25, 0.3) is 10.9 Å². The average Bonchev–Trinajstić information content (AvgIpc) is 2.86. The molecule has 3 aliphatic heterocycles. The summed E-state index contributed by atoms with van der Waals surface area (Å²) in [5.74, 6) is 1.85. The molecule has 3 nitrogen and oxygen atoms in total. The van der Waals surface area contributed by atoms with Crippen LogP contribution in [0.4, 0.5) is 0 Å². The number of hydrogen-bond acceptors (Lipinski definition) is 2. The summed E-state index contributed by atoms with van der Waals surface area (Å²) < 4.78 is 0. The minimum Gasteiger partial charge on any atom is -0.358 e. The number of nitrogens with zero attached hydrogens (tertiary/aromatic N) is 1. The second-order valence-corrected chi connectivity index (χ2v) is 7.46. The molecular formula is C19H22N2O. The Hall–Kier alpha value is -1.61.